The van der Waals surface area contributed by atoms with Crippen molar-refractivity contribution in [2.24, 2.45) is 0 Å². The highest BCUT2D eigenvalue weighted by atomic mass is 16.2. The van der Waals surface area contributed by atoms with Crippen LogP contribution in [0.25, 0.3) is 22.3 Å². The molecule has 6 rings (SSSR count). The number of imidazole rings is 1. The van der Waals surface area contributed by atoms with Crippen molar-refractivity contribution >= 4 is 16.9 Å². The van der Waals surface area contributed by atoms with Crippen LogP contribution >= 0.6 is 0 Å². The summed E-state index contributed by atoms with van der Waals surface area (Å²) < 4.78 is 3.70. The fourth-order valence-electron chi connectivity index (χ4n) is 5.17. The summed E-state index contributed by atoms with van der Waals surface area (Å²) in [5.41, 5.74) is 5.04. The van der Waals surface area contributed by atoms with E-state index in [2.05, 4.69) is 17.1 Å². The molecule has 0 atom stereocenters. The normalized spacial score (nSPS) is 14.4. The van der Waals surface area contributed by atoms with Gasteiger partial charge in [-0.3, -0.25) is 14.0 Å². The Kier molecular flexibility index (Phi) is 5.73. The van der Waals surface area contributed by atoms with Crippen LogP contribution in [0.2, 0.25) is 0 Å². The topological polar surface area (TPSA) is 75.9 Å². The first-order valence-corrected chi connectivity index (χ1v) is 12.3. The predicted molar refractivity (Wildman–Crippen MR) is 140 cm³/mol. The van der Waals surface area contributed by atoms with Crippen LogP contribution < -0.4 is 5.69 Å². The largest absolute Gasteiger partial charge is 0.338 e. The molecule has 0 radical (unpaired) electrons. The summed E-state index contributed by atoms with van der Waals surface area (Å²) in [4.78, 5) is 31.2. The van der Waals surface area contributed by atoms with E-state index >= 15 is 0 Å². The Hall–Kier alpha value is -4.39. The molecule has 0 unspecified atom stereocenters. The van der Waals surface area contributed by atoms with E-state index in [0.29, 0.717) is 30.9 Å². The van der Waals surface area contributed by atoms with E-state index in [4.69, 9.17) is 5.10 Å². The summed E-state index contributed by atoms with van der Waals surface area (Å²) in [5.74, 6) is -0.0158. The average molecular weight is 478 g/mol. The number of likely N-dealkylation sites (tertiary alicyclic amines) is 1. The van der Waals surface area contributed by atoms with Crippen molar-refractivity contribution in [1.82, 2.24) is 24.2 Å². The molecule has 5 aromatic rings. The van der Waals surface area contributed by atoms with Gasteiger partial charge in [-0.1, -0.05) is 72.8 Å². The lowest BCUT2D eigenvalue weighted by atomic mass is 10.0. The molecular formula is C29H27N5O2. The Bertz CT molecular complexity index is 1560. The second-order valence-corrected chi connectivity index (χ2v) is 9.28. The number of carbonyl (C=O) groups is 1. The molecule has 3 heterocycles. The number of aromatic nitrogens is 4. The molecule has 36 heavy (non-hydrogen) atoms. The van der Waals surface area contributed by atoms with Gasteiger partial charge in [0.05, 0.1) is 23.1 Å². The molecule has 1 fully saturated rings. The van der Waals surface area contributed by atoms with Crippen molar-refractivity contribution < 1.29 is 4.79 Å². The minimum atomic E-state index is -0.0884. The molecule has 1 aliphatic heterocycles. The summed E-state index contributed by atoms with van der Waals surface area (Å²) in [6.07, 6.45) is 3.33. The van der Waals surface area contributed by atoms with Gasteiger partial charge in [0, 0.05) is 30.9 Å². The standard InChI is InChI=1S/C29H27N5O2/c35-28(32-17-15-23(16-18-32)34-26-14-8-7-13-25(26)30-29(34)36)24-20-33(19-21-9-3-1-4-10-21)31-27(24)22-11-5-2-6-12-22/h1-14,20,23H,15-19H2,(H,30,36). The van der Waals surface area contributed by atoms with Gasteiger partial charge in [0.1, 0.15) is 5.69 Å². The molecule has 1 amide bonds. The molecule has 7 heteroatoms. The first-order chi connectivity index (χ1) is 17.7. The maximum absolute atomic E-state index is 13.7. The van der Waals surface area contributed by atoms with Crippen molar-refractivity contribution in [3.05, 3.63) is 113 Å². The Morgan fingerprint density at radius 2 is 1.56 bits per heavy atom. The number of hydrogen-bond acceptors (Lipinski definition) is 3. The number of aromatic amines is 1. The molecule has 7 nitrogen and oxygen atoms in total. The molecular weight excluding hydrogens is 450 g/mol. The van der Waals surface area contributed by atoms with E-state index in [1.165, 1.54) is 0 Å². The first-order valence-electron chi connectivity index (χ1n) is 12.3. The Morgan fingerprint density at radius 3 is 2.31 bits per heavy atom. The SMILES string of the molecule is O=C(c1cn(Cc2ccccc2)nc1-c1ccccc1)N1CCC(n2c(=O)[nH]c3ccccc32)CC1. The third-order valence-corrected chi connectivity index (χ3v) is 6.97. The van der Waals surface area contributed by atoms with E-state index in [-0.39, 0.29) is 17.6 Å². The van der Waals surface area contributed by atoms with Crippen LogP contribution in [0.1, 0.15) is 34.8 Å². The van der Waals surface area contributed by atoms with E-state index in [1.807, 2.05) is 93.1 Å². The number of H-pyrrole nitrogens is 1. The number of fused-ring (bicyclic) bond motifs is 1. The van der Waals surface area contributed by atoms with Gasteiger partial charge in [0.25, 0.3) is 5.91 Å². The van der Waals surface area contributed by atoms with Gasteiger partial charge >= 0.3 is 5.69 Å². The minimum Gasteiger partial charge on any atom is -0.338 e. The van der Waals surface area contributed by atoms with Gasteiger partial charge < -0.3 is 9.88 Å². The van der Waals surface area contributed by atoms with E-state index in [9.17, 15) is 9.59 Å². The Morgan fingerprint density at radius 1 is 0.889 bits per heavy atom. The molecule has 0 bridgehead atoms. The van der Waals surface area contributed by atoms with Crippen LogP contribution in [0.4, 0.5) is 0 Å². The molecule has 1 saturated heterocycles. The molecule has 2 aromatic heterocycles. The number of benzene rings is 3. The first kappa shape index (κ1) is 22.1. The van der Waals surface area contributed by atoms with Crippen molar-refractivity contribution in [1.29, 1.82) is 0 Å². The fourth-order valence-corrected chi connectivity index (χ4v) is 5.17. The molecule has 0 spiro atoms. The van der Waals surface area contributed by atoms with Crippen LogP contribution in [-0.4, -0.2) is 43.2 Å². The number of nitrogens with zero attached hydrogens (tertiary/aromatic N) is 4. The van der Waals surface area contributed by atoms with Crippen molar-refractivity contribution in [2.45, 2.75) is 25.4 Å². The number of hydrogen-bond donors (Lipinski definition) is 1. The summed E-state index contributed by atoms with van der Waals surface area (Å²) in [6, 6.07) is 27.8. The molecule has 180 valence electrons. The zero-order valence-electron chi connectivity index (χ0n) is 19.9. The second kappa shape index (κ2) is 9.34. The van der Waals surface area contributed by atoms with Crippen molar-refractivity contribution in [2.75, 3.05) is 13.1 Å². The lowest BCUT2D eigenvalue weighted by Gasteiger charge is -2.32. The van der Waals surface area contributed by atoms with Crippen LogP contribution in [0.5, 0.6) is 0 Å². The summed E-state index contributed by atoms with van der Waals surface area (Å²) >= 11 is 0. The van der Waals surface area contributed by atoms with Crippen LogP contribution in [0.15, 0.2) is 95.9 Å². The van der Waals surface area contributed by atoms with E-state index in [0.717, 1.165) is 35.0 Å². The number of carbonyl (C=O) groups excluding carboxylic acids is 1. The Labute approximate surface area is 208 Å². The van der Waals surface area contributed by atoms with Crippen molar-refractivity contribution in [3.8, 4) is 11.3 Å². The number of para-hydroxylation sites is 2. The van der Waals surface area contributed by atoms with Gasteiger partial charge in [-0.15, -0.1) is 0 Å². The lowest BCUT2D eigenvalue weighted by Crippen LogP contribution is -2.40. The maximum Gasteiger partial charge on any atom is 0.326 e. The van der Waals surface area contributed by atoms with E-state index in [1.54, 1.807) is 0 Å². The lowest BCUT2D eigenvalue weighted by molar-refractivity contribution is 0.0695. The number of amides is 1. The van der Waals surface area contributed by atoms with Crippen molar-refractivity contribution in [3.63, 3.8) is 0 Å². The minimum absolute atomic E-state index is 0.0158. The van der Waals surface area contributed by atoms with Crippen LogP contribution in [0.3, 0.4) is 0 Å². The zero-order valence-corrected chi connectivity index (χ0v) is 19.9. The highest BCUT2D eigenvalue weighted by Gasteiger charge is 2.29. The number of nitrogens with one attached hydrogen (secondary N) is 1. The van der Waals surface area contributed by atoms with Gasteiger partial charge in [0.15, 0.2) is 0 Å². The highest BCUT2D eigenvalue weighted by molar-refractivity contribution is 5.99. The van der Waals surface area contributed by atoms with Gasteiger partial charge in [0.2, 0.25) is 0 Å². The maximum atomic E-state index is 13.7. The second-order valence-electron chi connectivity index (χ2n) is 9.28. The average Bonchev–Trinajstić information content (AvgIpc) is 3.50. The fraction of sp³-hybridized carbons (Fsp3) is 0.207. The highest BCUT2D eigenvalue weighted by Crippen LogP contribution is 2.28. The van der Waals surface area contributed by atoms with Gasteiger partial charge in [-0.2, -0.15) is 5.10 Å². The summed E-state index contributed by atoms with van der Waals surface area (Å²) in [6.45, 7) is 1.78. The van der Waals surface area contributed by atoms with Gasteiger partial charge in [-0.05, 0) is 30.5 Å². The van der Waals surface area contributed by atoms with Gasteiger partial charge in [-0.25, -0.2) is 4.79 Å². The quantitative estimate of drug-likeness (QED) is 0.398. The third kappa shape index (κ3) is 4.13. The third-order valence-electron chi connectivity index (χ3n) is 6.97. The molecule has 3 aromatic carbocycles. The molecule has 0 saturated carbocycles. The van der Waals surface area contributed by atoms with E-state index < -0.39 is 0 Å². The monoisotopic (exact) mass is 477 g/mol. The molecule has 0 aliphatic carbocycles. The number of rotatable bonds is 5. The molecule has 1 N–H and O–H groups in total. The summed E-state index contributed by atoms with van der Waals surface area (Å²) in [7, 11) is 0. The van der Waals surface area contributed by atoms with Crippen LogP contribution in [0, 0.1) is 0 Å². The Balaban J connectivity index is 1.25. The zero-order chi connectivity index (χ0) is 24.5. The smallest absolute Gasteiger partial charge is 0.326 e. The summed E-state index contributed by atoms with van der Waals surface area (Å²) in [5, 5.41) is 4.81. The predicted octanol–water partition coefficient (Wildman–Crippen LogP) is 4.72. The number of piperidine rings is 1. The van der Waals surface area contributed by atoms with Crippen LogP contribution in [-0.2, 0) is 6.54 Å². The molecule has 1 aliphatic rings.